The van der Waals surface area contributed by atoms with Gasteiger partial charge >= 0.3 is 5.97 Å². The van der Waals surface area contributed by atoms with Crippen molar-refractivity contribution >= 4 is 12.0 Å². The highest BCUT2D eigenvalue weighted by atomic mass is 16.5. The van der Waals surface area contributed by atoms with Crippen LogP contribution in [0.1, 0.15) is 5.69 Å². The molecule has 1 aromatic heterocycles. The third-order valence-electron chi connectivity index (χ3n) is 1.69. The van der Waals surface area contributed by atoms with E-state index in [4.69, 9.17) is 14.6 Å². The SMILES string of the molecule is COc1cnc(C=CC(=O)O)cc1OC. The number of methoxy groups -OCH3 is 2. The van der Waals surface area contributed by atoms with Gasteiger partial charge in [0.05, 0.1) is 26.1 Å². The second-order valence-corrected chi connectivity index (χ2v) is 2.64. The number of carbonyl (C=O) groups is 1. The number of carboxylic acids is 1. The highest BCUT2D eigenvalue weighted by Gasteiger charge is 2.03. The maximum atomic E-state index is 10.3. The second kappa shape index (κ2) is 4.99. The minimum Gasteiger partial charge on any atom is -0.493 e. The molecule has 0 amide bonds. The van der Waals surface area contributed by atoms with Crippen LogP contribution in [0.2, 0.25) is 0 Å². The van der Waals surface area contributed by atoms with Crippen molar-refractivity contribution in [3.8, 4) is 11.5 Å². The minimum absolute atomic E-state index is 0.495. The Labute approximate surface area is 87.0 Å². The van der Waals surface area contributed by atoms with E-state index in [-0.39, 0.29) is 0 Å². The number of ether oxygens (including phenoxy) is 2. The van der Waals surface area contributed by atoms with Gasteiger partial charge in [-0.25, -0.2) is 4.79 Å². The average Bonchev–Trinajstić information content (AvgIpc) is 2.25. The standard InChI is InChI=1S/C10H11NO4/c1-14-8-5-7(3-4-10(12)13)11-6-9(8)15-2/h3-6H,1-2H3,(H,12,13). The largest absolute Gasteiger partial charge is 0.493 e. The molecule has 0 fully saturated rings. The lowest BCUT2D eigenvalue weighted by atomic mass is 10.3. The summed E-state index contributed by atoms with van der Waals surface area (Å²) >= 11 is 0. The lowest BCUT2D eigenvalue weighted by Gasteiger charge is -2.06. The van der Waals surface area contributed by atoms with Crippen molar-refractivity contribution in [3.63, 3.8) is 0 Å². The monoisotopic (exact) mass is 209 g/mol. The Morgan fingerprint density at radius 2 is 2.07 bits per heavy atom. The summed E-state index contributed by atoms with van der Waals surface area (Å²) in [5.74, 6) is -0.00546. The van der Waals surface area contributed by atoms with Gasteiger partial charge in [0.2, 0.25) is 0 Å². The number of nitrogens with zero attached hydrogens (tertiary/aromatic N) is 1. The van der Waals surface area contributed by atoms with Crippen LogP contribution in [0.15, 0.2) is 18.3 Å². The lowest BCUT2D eigenvalue weighted by Crippen LogP contribution is -1.93. The molecule has 15 heavy (non-hydrogen) atoms. The molecule has 0 atom stereocenters. The van der Waals surface area contributed by atoms with Gasteiger partial charge in [0.15, 0.2) is 11.5 Å². The second-order valence-electron chi connectivity index (χ2n) is 2.64. The Balaban J connectivity index is 2.97. The van der Waals surface area contributed by atoms with Gasteiger partial charge in [0.1, 0.15) is 0 Å². The Hall–Kier alpha value is -2.04. The normalized spacial score (nSPS) is 10.3. The zero-order valence-electron chi connectivity index (χ0n) is 8.43. The molecule has 1 N–H and O–H groups in total. The molecule has 80 valence electrons. The van der Waals surface area contributed by atoms with E-state index in [9.17, 15) is 4.79 Å². The van der Waals surface area contributed by atoms with Gasteiger partial charge < -0.3 is 14.6 Å². The zero-order valence-corrected chi connectivity index (χ0v) is 8.43. The average molecular weight is 209 g/mol. The Morgan fingerprint density at radius 1 is 1.40 bits per heavy atom. The van der Waals surface area contributed by atoms with Gasteiger partial charge in [0.25, 0.3) is 0 Å². The molecule has 0 aromatic carbocycles. The van der Waals surface area contributed by atoms with Gasteiger partial charge in [-0.05, 0) is 6.08 Å². The molecule has 0 spiro atoms. The maximum Gasteiger partial charge on any atom is 0.328 e. The highest BCUT2D eigenvalue weighted by Crippen LogP contribution is 2.26. The van der Waals surface area contributed by atoms with Crippen LogP contribution in [0.3, 0.4) is 0 Å². The number of rotatable bonds is 4. The highest BCUT2D eigenvalue weighted by molar-refractivity contribution is 5.84. The molecule has 5 nitrogen and oxygen atoms in total. The first-order valence-electron chi connectivity index (χ1n) is 4.16. The smallest absolute Gasteiger partial charge is 0.328 e. The molecule has 0 aliphatic rings. The molecule has 0 aliphatic carbocycles. The summed E-state index contributed by atoms with van der Waals surface area (Å²) in [6.07, 6.45) is 3.86. The molecule has 1 aromatic rings. The van der Waals surface area contributed by atoms with Crippen LogP contribution in [-0.4, -0.2) is 30.3 Å². The molecule has 5 heteroatoms. The lowest BCUT2D eigenvalue weighted by molar-refractivity contribution is -0.131. The van der Waals surface area contributed by atoms with Crippen LogP contribution < -0.4 is 9.47 Å². The van der Waals surface area contributed by atoms with Crippen molar-refractivity contribution in [1.82, 2.24) is 4.98 Å². The summed E-state index contributed by atoms with van der Waals surface area (Å²) in [5.41, 5.74) is 0.495. The summed E-state index contributed by atoms with van der Waals surface area (Å²) in [4.78, 5) is 14.3. The molecule has 0 radical (unpaired) electrons. The van der Waals surface area contributed by atoms with Crippen molar-refractivity contribution in [2.75, 3.05) is 14.2 Å². The maximum absolute atomic E-state index is 10.3. The van der Waals surface area contributed by atoms with E-state index in [0.717, 1.165) is 6.08 Å². The number of pyridine rings is 1. The Bertz CT molecular complexity index is 387. The first kappa shape index (κ1) is 11.0. The van der Waals surface area contributed by atoms with E-state index in [1.807, 2.05) is 0 Å². The van der Waals surface area contributed by atoms with Crippen LogP contribution in [0.4, 0.5) is 0 Å². The van der Waals surface area contributed by atoms with Crippen molar-refractivity contribution in [2.24, 2.45) is 0 Å². The van der Waals surface area contributed by atoms with Crippen LogP contribution in [0.25, 0.3) is 6.08 Å². The summed E-state index contributed by atoms with van der Waals surface area (Å²) in [6.45, 7) is 0. The molecular formula is C10H11NO4. The third kappa shape index (κ3) is 2.98. The van der Waals surface area contributed by atoms with Crippen LogP contribution >= 0.6 is 0 Å². The van der Waals surface area contributed by atoms with Gasteiger partial charge in [-0.1, -0.05) is 0 Å². The Morgan fingerprint density at radius 3 is 2.60 bits per heavy atom. The molecule has 0 saturated carbocycles. The van der Waals surface area contributed by atoms with E-state index in [0.29, 0.717) is 17.2 Å². The molecular weight excluding hydrogens is 198 g/mol. The molecule has 0 aliphatic heterocycles. The number of hydrogen-bond donors (Lipinski definition) is 1. The van der Waals surface area contributed by atoms with Crippen molar-refractivity contribution in [3.05, 3.63) is 24.0 Å². The van der Waals surface area contributed by atoms with Crippen LogP contribution in [0.5, 0.6) is 11.5 Å². The van der Waals surface area contributed by atoms with Gasteiger partial charge in [0, 0.05) is 12.1 Å². The summed E-state index contributed by atoms with van der Waals surface area (Å²) in [5, 5.41) is 8.43. The predicted molar refractivity (Wildman–Crippen MR) is 54.0 cm³/mol. The molecule has 1 heterocycles. The van der Waals surface area contributed by atoms with Gasteiger partial charge in [-0.2, -0.15) is 0 Å². The van der Waals surface area contributed by atoms with Crippen molar-refractivity contribution in [1.29, 1.82) is 0 Å². The van der Waals surface area contributed by atoms with Gasteiger partial charge in [-0.15, -0.1) is 0 Å². The number of carboxylic acid groups (broad SMARTS) is 1. The molecule has 0 saturated heterocycles. The number of aromatic nitrogens is 1. The zero-order chi connectivity index (χ0) is 11.3. The van der Waals surface area contributed by atoms with Crippen LogP contribution in [0, 0.1) is 0 Å². The molecule has 0 unspecified atom stereocenters. The summed E-state index contributed by atoms with van der Waals surface area (Å²) in [6, 6.07) is 1.60. The predicted octanol–water partition coefficient (Wildman–Crippen LogP) is 1.20. The molecule has 0 bridgehead atoms. The number of hydrogen-bond acceptors (Lipinski definition) is 4. The third-order valence-corrected chi connectivity index (χ3v) is 1.69. The van der Waals surface area contributed by atoms with E-state index >= 15 is 0 Å². The fourth-order valence-corrected chi connectivity index (χ4v) is 1.00. The van der Waals surface area contributed by atoms with E-state index < -0.39 is 5.97 Å². The van der Waals surface area contributed by atoms with Crippen molar-refractivity contribution in [2.45, 2.75) is 0 Å². The fraction of sp³-hybridized carbons (Fsp3) is 0.200. The van der Waals surface area contributed by atoms with Crippen LogP contribution in [-0.2, 0) is 4.79 Å². The topological polar surface area (TPSA) is 68.7 Å². The van der Waals surface area contributed by atoms with Crippen molar-refractivity contribution < 1.29 is 19.4 Å². The summed E-state index contributed by atoms with van der Waals surface area (Å²) in [7, 11) is 3.01. The quantitative estimate of drug-likeness (QED) is 0.754. The first-order chi connectivity index (χ1) is 7.17. The minimum atomic E-state index is -1.02. The van der Waals surface area contributed by atoms with E-state index in [1.54, 1.807) is 6.07 Å². The van der Waals surface area contributed by atoms with E-state index in [1.165, 1.54) is 26.5 Å². The fourth-order valence-electron chi connectivity index (χ4n) is 1.00. The summed E-state index contributed by atoms with van der Waals surface area (Å²) < 4.78 is 10.0. The van der Waals surface area contributed by atoms with E-state index in [2.05, 4.69) is 4.98 Å². The Kier molecular flexibility index (Phi) is 3.68. The van der Waals surface area contributed by atoms with Gasteiger partial charge in [-0.3, -0.25) is 4.98 Å². The number of aliphatic carboxylic acids is 1. The molecule has 1 rings (SSSR count). The first-order valence-corrected chi connectivity index (χ1v) is 4.16.